The molecule has 5 heteroatoms. The van der Waals surface area contributed by atoms with Crippen molar-refractivity contribution in [3.05, 3.63) is 0 Å². The number of rotatable bonds is 4. The van der Waals surface area contributed by atoms with Crippen LogP contribution < -0.4 is 5.73 Å². The van der Waals surface area contributed by atoms with Gasteiger partial charge in [-0.2, -0.15) is 0 Å². The molecule has 3 rings (SSSR count). The molecule has 3 aliphatic carbocycles. The molecule has 0 bridgehead atoms. The van der Waals surface area contributed by atoms with E-state index in [1.807, 2.05) is 0 Å². The molecule has 4 nitrogen and oxygen atoms in total. The van der Waals surface area contributed by atoms with Crippen LogP contribution in [0.25, 0.3) is 0 Å². The molecule has 1 spiro atoms. The minimum Gasteiger partial charge on any atom is -0.378 e. The molecule has 2 N–H and O–H groups in total. The lowest BCUT2D eigenvalue weighted by Gasteiger charge is -2.59. The van der Waals surface area contributed by atoms with E-state index in [9.17, 15) is 0 Å². The van der Waals surface area contributed by atoms with Crippen molar-refractivity contribution in [3.8, 4) is 0 Å². The molecule has 3 aliphatic rings. The van der Waals surface area contributed by atoms with Gasteiger partial charge in [-0.25, -0.2) is 4.99 Å². The minimum absolute atomic E-state index is 0. The van der Waals surface area contributed by atoms with Gasteiger partial charge in [0.25, 0.3) is 0 Å². The summed E-state index contributed by atoms with van der Waals surface area (Å²) in [6.07, 6.45) is 7.90. The van der Waals surface area contributed by atoms with Crippen LogP contribution in [0, 0.1) is 5.41 Å². The molecular weight excluding hydrogens is 353 g/mol. The van der Waals surface area contributed by atoms with Gasteiger partial charge >= 0.3 is 0 Å². The topological polar surface area (TPSA) is 50.9 Å². The smallest absolute Gasteiger partial charge is 0.191 e. The van der Waals surface area contributed by atoms with E-state index in [2.05, 4.69) is 18.9 Å². The van der Waals surface area contributed by atoms with E-state index in [4.69, 9.17) is 15.5 Å². The molecule has 0 amide bonds. The molecule has 110 valence electrons. The standard InChI is InChI=1S/C14H25N3O.HI/c1-3-18-12-9-11(14(12)7-4-8-14)16-13(15)17(2)10-5-6-10;/h10-12H,3-9H2,1-2H3,(H2,15,16);1H. The Morgan fingerprint density at radius 2 is 2.11 bits per heavy atom. The van der Waals surface area contributed by atoms with Crippen molar-refractivity contribution in [1.82, 2.24) is 4.90 Å². The summed E-state index contributed by atoms with van der Waals surface area (Å²) in [5.41, 5.74) is 6.46. The van der Waals surface area contributed by atoms with Crippen molar-refractivity contribution in [3.63, 3.8) is 0 Å². The highest BCUT2D eigenvalue weighted by Gasteiger charge is 2.59. The summed E-state index contributed by atoms with van der Waals surface area (Å²) < 4.78 is 5.84. The van der Waals surface area contributed by atoms with Crippen LogP contribution in [0.1, 0.15) is 45.4 Å². The molecule has 3 fully saturated rings. The Bertz CT molecular complexity index is 353. The Kier molecular flexibility index (Phi) is 4.65. The van der Waals surface area contributed by atoms with Gasteiger partial charge in [-0.1, -0.05) is 6.42 Å². The minimum atomic E-state index is 0. The van der Waals surface area contributed by atoms with Crippen molar-refractivity contribution in [2.75, 3.05) is 13.7 Å². The molecule has 0 radical (unpaired) electrons. The van der Waals surface area contributed by atoms with E-state index >= 15 is 0 Å². The zero-order valence-electron chi connectivity index (χ0n) is 12.0. The Hall–Kier alpha value is -0.0400. The number of hydrogen-bond donors (Lipinski definition) is 1. The lowest BCUT2D eigenvalue weighted by molar-refractivity contribution is -0.162. The van der Waals surface area contributed by atoms with Crippen LogP contribution in [0.3, 0.4) is 0 Å². The normalized spacial score (nSPS) is 32.2. The highest BCUT2D eigenvalue weighted by Crippen LogP contribution is 2.58. The van der Waals surface area contributed by atoms with Crippen molar-refractivity contribution in [1.29, 1.82) is 0 Å². The molecule has 0 aromatic carbocycles. The van der Waals surface area contributed by atoms with Crippen molar-refractivity contribution < 1.29 is 4.74 Å². The fourth-order valence-electron chi connectivity index (χ4n) is 3.48. The zero-order chi connectivity index (χ0) is 12.8. The summed E-state index contributed by atoms with van der Waals surface area (Å²) in [6, 6.07) is 1.05. The van der Waals surface area contributed by atoms with Crippen LogP contribution in [-0.4, -0.2) is 42.7 Å². The van der Waals surface area contributed by atoms with E-state index < -0.39 is 0 Å². The van der Waals surface area contributed by atoms with Crippen LogP contribution in [0.15, 0.2) is 4.99 Å². The first-order valence-electron chi connectivity index (χ1n) is 7.35. The summed E-state index contributed by atoms with van der Waals surface area (Å²) in [6.45, 7) is 2.90. The molecule has 0 saturated heterocycles. The zero-order valence-corrected chi connectivity index (χ0v) is 14.3. The van der Waals surface area contributed by atoms with Crippen LogP contribution in [-0.2, 0) is 4.74 Å². The van der Waals surface area contributed by atoms with Gasteiger partial charge in [0.15, 0.2) is 5.96 Å². The van der Waals surface area contributed by atoms with Gasteiger partial charge < -0.3 is 15.4 Å². The number of nitrogens with two attached hydrogens (primary N) is 1. The third-order valence-corrected chi connectivity index (χ3v) is 5.14. The highest BCUT2D eigenvalue weighted by molar-refractivity contribution is 14.0. The first-order valence-corrected chi connectivity index (χ1v) is 7.35. The number of halogens is 1. The van der Waals surface area contributed by atoms with Gasteiger partial charge in [-0.15, -0.1) is 24.0 Å². The van der Waals surface area contributed by atoms with Gasteiger partial charge in [-0.3, -0.25) is 0 Å². The Balaban J connectivity index is 0.00000133. The first-order chi connectivity index (χ1) is 8.67. The fourth-order valence-corrected chi connectivity index (χ4v) is 3.48. The number of ether oxygens (including phenoxy) is 1. The average molecular weight is 379 g/mol. The number of guanidine groups is 1. The quantitative estimate of drug-likeness (QED) is 0.464. The average Bonchev–Trinajstić information content (AvgIpc) is 3.07. The predicted molar refractivity (Wildman–Crippen MR) is 87.9 cm³/mol. The molecule has 0 aromatic rings. The molecular formula is C14H26IN3O. The predicted octanol–water partition coefficient (Wildman–Crippen LogP) is 2.36. The molecule has 19 heavy (non-hydrogen) atoms. The molecule has 3 saturated carbocycles. The fraction of sp³-hybridized carbons (Fsp3) is 0.929. The summed E-state index contributed by atoms with van der Waals surface area (Å²) in [7, 11) is 2.07. The summed E-state index contributed by atoms with van der Waals surface area (Å²) in [5.74, 6) is 0.740. The van der Waals surface area contributed by atoms with E-state index in [0.29, 0.717) is 23.6 Å². The van der Waals surface area contributed by atoms with Crippen LogP contribution >= 0.6 is 24.0 Å². The first kappa shape index (κ1) is 15.4. The van der Waals surface area contributed by atoms with Gasteiger partial charge in [0.1, 0.15) is 0 Å². The second-order valence-corrected chi connectivity index (χ2v) is 6.11. The van der Waals surface area contributed by atoms with Gasteiger partial charge in [0.05, 0.1) is 12.1 Å². The maximum Gasteiger partial charge on any atom is 0.191 e. The van der Waals surface area contributed by atoms with Crippen molar-refractivity contribution in [2.24, 2.45) is 16.1 Å². The third kappa shape index (κ3) is 2.60. The Morgan fingerprint density at radius 3 is 2.58 bits per heavy atom. The maximum absolute atomic E-state index is 6.12. The van der Waals surface area contributed by atoms with E-state index in [1.165, 1.54) is 32.1 Å². The summed E-state index contributed by atoms with van der Waals surface area (Å²) >= 11 is 0. The largest absolute Gasteiger partial charge is 0.378 e. The van der Waals surface area contributed by atoms with Crippen molar-refractivity contribution >= 4 is 29.9 Å². The van der Waals surface area contributed by atoms with E-state index in [0.717, 1.165) is 19.0 Å². The molecule has 0 aliphatic heterocycles. The summed E-state index contributed by atoms with van der Waals surface area (Å²) in [5, 5.41) is 0. The van der Waals surface area contributed by atoms with Crippen LogP contribution in [0.2, 0.25) is 0 Å². The van der Waals surface area contributed by atoms with Crippen molar-refractivity contribution in [2.45, 2.75) is 63.6 Å². The maximum atomic E-state index is 6.12. The second-order valence-electron chi connectivity index (χ2n) is 6.11. The molecule has 0 heterocycles. The summed E-state index contributed by atoms with van der Waals surface area (Å²) in [4.78, 5) is 6.94. The second kappa shape index (κ2) is 5.76. The Labute approximate surface area is 133 Å². The number of aliphatic imine (C=N–C) groups is 1. The number of hydrogen-bond acceptors (Lipinski definition) is 2. The number of nitrogens with zero attached hydrogens (tertiary/aromatic N) is 2. The van der Waals surface area contributed by atoms with Gasteiger partial charge in [0, 0.05) is 25.1 Å². The molecule has 2 unspecified atom stereocenters. The van der Waals surface area contributed by atoms with Crippen LogP contribution in [0.5, 0.6) is 0 Å². The third-order valence-electron chi connectivity index (χ3n) is 5.14. The monoisotopic (exact) mass is 379 g/mol. The van der Waals surface area contributed by atoms with E-state index in [-0.39, 0.29) is 24.0 Å². The molecule has 0 aromatic heterocycles. The lowest BCUT2D eigenvalue weighted by Crippen LogP contribution is -2.61. The Morgan fingerprint density at radius 1 is 1.42 bits per heavy atom. The SMILES string of the molecule is CCOC1CC(N=C(N)N(C)C2CC2)C12CCC2.I. The van der Waals surface area contributed by atoms with E-state index in [1.54, 1.807) is 0 Å². The van der Waals surface area contributed by atoms with Crippen LogP contribution in [0.4, 0.5) is 0 Å². The van der Waals surface area contributed by atoms with Gasteiger partial charge in [-0.05, 0) is 39.0 Å². The lowest BCUT2D eigenvalue weighted by atomic mass is 9.51. The van der Waals surface area contributed by atoms with Gasteiger partial charge in [0.2, 0.25) is 0 Å². The highest BCUT2D eigenvalue weighted by atomic mass is 127. The molecule has 2 atom stereocenters.